The van der Waals surface area contributed by atoms with Crippen molar-refractivity contribution in [1.29, 1.82) is 0 Å². The number of rotatable bonds is 2. The number of hydrogen-bond donors (Lipinski definition) is 0. The Balaban J connectivity index is 1.80. The minimum atomic E-state index is 0.140. The summed E-state index contributed by atoms with van der Waals surface area (Å²) in [6.07, 6.45) is 2.19. The summed E-state index contributed by atoms with van der Waals surface area (Å²) in [5, 5.41) is 0. The molecule has 0 spiro atoms. The third-order valence-electron chi connectivity index (χ3n) is 4.43. The minimum absolute atomic E-state index is 0.140. The van der Waals surface area contributed by atoms with Crippen LogP contribution in [0.1, 0.15) is 23.2 Å². The highest BCUT2D eigenvalue weighted by atomic mass is 16.5. The predicted octanol–water partition coefficient (Wildman–Crippen LogP) is 1.61. The van der Waals surface area contributed by atoms with Gasteiger partial charge in [-0.1, -0.05) is 6.07 Å². The quantitative estimate of drug-likeness (QED) is 0.810. The van der Waals surface area contributed by atoms with E-state index in [9.17, 15) is 4.79 Å². The largest absolute Gasteiger partial charge is 0.497 e. The Morgan fingerprint density at radius 1 is 1.26 bits per heavy atom. The van der Waals surface area contributed by atoms with Gasteiger partial charge in [0.15, 0.2) is 0 Å². The Labute approximate surface area is 113 Å². The predicted molar refractivity (Wildman–Crippen MR) is 73.5 cm³/mol. The monoisotopic (exact) mass is 260 g/mol. The first-order valence-corrected chi connectivity index (χ1v) is 6.86. The summed E-state index contributed by atoms with van der Waals surface area (Å²) in [5.74, 6) is 0.881. The first-order chi connectivity index (χ1) is 9.20. The molecule has 2 saturated heterocycles. The summed E-state index contributed by atoms with van der Waals surface area (Å²) in [6.45, 7) is 1.97. The molecule has 3 rings (SSSR count). The second kappa shape index (κ2) is 4.85. The van der Waals surface area contributed by atoms with Crippen molar-refractivity contribution < 1.29 is 9.53 Å². The standard InChI is InChI=1S/C15H20N2O2/c1-16-8-6-14-13(16)7-9-17(14)15(18)11-4-3-5-12(10-11)19-2/h3-5,10,13-14H,6-9H2,1-2H3/t13-,14+/m0/s1. The average molecular weight is 260 g/mol. The molecule has 0 aromatic heterocycles. The van der Waals surface area contributed by atoms with Gasteiger partial charge in [-0.2, -0.15) is 0 Å². The number of amides is 1. The molecule has 102 valence electrons. The van der Waals surface area contributed by atoms with E-state index in [2.05, 4.69) is 11.9 Å². The van der Waals surface area contributed by atoms with Crippen LogP contribution in [0.2, 0.25) is 0 Å². The van der Waals surface area contributed by atoms with Crippen molar-refractivity contribution in [2.75, 3.05) is 27.2 Å². The molecule has 4 heteroatoms. The van der Waals surface area contributed by atoms with Gasteiger partial charge >= 0.3 is 0 Å². The van der Waals surface area contributed by atoms with Gasteiger partial charge in [0.2, 0.25) is 0 Å². The molecule has 0 bridgehead atoms. The molecule has 1 aromatic rings. The van der Waals surface area contributed by atoms with Crippen molar-refractivity contribution in [3.8, 4) is 5.75 Å². The van der Waals surface area contributed by atoms with Gasteiger partial charge in [-0.15, -0.1) is 0 Å². The van der Waals surface area contributed by atoms with Gasteiger partial charge in [0.1, 0.15) is 5.75 Å². The lowest BCUT2D eigenvalue weighted by molar-refractivity contribution is 0.0733. The highest BCUT2D eigenvalue weighted by Crippen LogP contribution is 2.31. The van der Waals surface area contributed by atoms with Crippen LogP contribution in [0.15, 0.2) is 24.3 Å². The fourth-order valence-corrected chi connectivity index (χ4v) is 3.38. The Hall–Kier alpha value is -1.55. The Kier molecular flexibility index (Phi) is 3.19. The van der Waals surface area contributed by atoms with Gasteiger partial charge in [0.25, 0.3) is 5.91 Å². The topological polar surface area (TPSA) is 32.8 Å². The van der Waals surface area contributed by atoms with E-state index >= 15 is 0 Å². The van der Waals surface area contributed by atoms with Gasteiger partial charge in [0.05, 0.1) is 7.11 Å². The van der Waals surface area contributed by atoms with E-state index in [1.54, 1.807) is 7.11 Å². The lowest BCUT2D eigenvalue weighted by atomic mass is 10.1. The van der Waals surface area contributed by atoms with E-state index in [1.165, 1.54) is 0 Å². The normalized spacial score (nSPS) is 26.5. The maximum absolute atomic E-state index is 12.6. The van der Waals surface area contributed by atoms with E-state index < -0.39 is 0 Å². The molecule has 0 saturated carbocycles. The molecule has 0 aliphatic carbocycles. The molecule has 2 heterocycles. The number of likely N-dealkylation sites (tertiary alicyclic amines) is 2. The van der Waals surface area contributed by atoms with Crippen LogP contribution >= 0.6 is 0 Å². The Bertz CT molecular complexity index is 489. The van der Waals surface area contributed by atoms with E-state index in [1.807, 2.05) is 29.2 Å². The lowest BCUT2D eigenvalue weighted by Crippen LogP contribution is -2.38. The summed E-state index contributed by atoms with van der Waals surface area (Å²) in [7, 11) is 3.78. The van der Waals surface area contributed by atoms with E-state index in [-0.39, 0.29) is 5.91 Å². The smallest absolute Gasteiger partial charge is 0.254 e. The van der Waals surface area contributed by atoms with Crippen LogP contribution in [0.3, 0.4) is 0 Å². The summed E-state index contributed by atoms with van der Waals surface area (Å²) in [4.78, 5) is 17.0. The third kappa shape index (κ3) is 2.10. The second-order valence-corrected chi connectivity index (χ2v) is 5.42. The van der Waals surface area contributed by atoms with Crippen LogP contribution in [-0.4, -0.2) is 55.0 Å². The molecular formula is C15H20N2O2. The Morgan fingerprint density at radius 2 is 2.05 bits per heavy atom. The third-order valence-corrected chi connectivity index (χ3v) is 4.43. The Morgan fingerprint density at radius 3 is 2.84 bits per heavy atom. The zero-order valence-corrected chi connectivity index (χ0v) is 11.5. The molecular weight excluding hydrogens is 240 g/mol. The maximum atomic E-state index is 12.6. The number of carbonyl (C=O) groups excluding carboxylic acids is 1. The number of likely N-dealkylation sites (N-methyl/N-ethyl adjacent to an activating group) is 1. The number of methoxy groups -OCH3 is 1. The van der Waals surface area contributed by atoms with Gasteiger partial charge in [-0.25, -0.2) is 0 Å². The fourth-order valence-electron chi connectivity index (χ4n) is 3.38. The summed E-state index contributed by atoms with van der Waals surface area (Å²) < 4.78 is 5.19. The number of ether oxygens (including phenoxy) is 1. The van der Waals surface area contributed by atoms with Crippen molar-refractivity contribution in [2.24, 2.45) is 0 Å². The molecule has 19 heavy (non-hydrogen) atoms. The zero-order valence-electron chi connectivity index (χ0n) is 11.5. The average Bonchev–Trinajstić information content (AvgIpc) is 3.01. The van der Waals surface area contributed by atoms with Crippen molar-refractivity contribution in [3.63, 3.8) is 0 Å². The van der Waals surface area contributed by atoms with Crippen LogP contribution in [0, 0.1) is 0 Å². The number of nitrogens with zero attached hydrogens (tertiary/aromatic N) is 2. The van der Waals surface area contributed by atoms with Crippen LogP contribution in [0.4, 0.5) is 0 Å². The van der Waals surface area contributed by atoms with E-state index in [4.69, 9.17) is 4.74 Å². The molecule has 2 atom stereocenters. The molecule has 0 radical (unpaired) electrons. The number of hydrogen-bond acceptors (Lipinski definition) is 3. The first-order valence-electron chi connectivity index (χ1n) is 6.86. The van der Waals surface area contributed by atoms with Crippen LogP contribution < -0.4 is 4.74 Å². The van der Waals surface area contributed by atoms with Crippen molar-refractivity contribution in [2.45, 2.75) is 24.9 Å². The maximum Gasteiger partial charge on any atom is 0.254 e. The lowest BCUT2D eigenvalue weighted by Gasteiger charge is -2.24. The first kappa shape index (κ1) is 12.5. The molecule has 1 amide bonds. The van der Waals surface area contributed by atoms with Crippen molar-refractivity contribution in [1.82, 2.24) is 9.80 Å². The van der Waals surface area contributed by atoms with Crippen LogP contribution in [0.25, 0.3) is 0 Å². The van der Waals surface area contributed by atoms with Crippen molar-refractivity contribution in [3.05, 3.63) is 29.8 Å². The van der Waals surface area contributed by atoms with E-state index in [0.717, 1.165) is 37.2 Å². The van der Waals surface area contributed by atoms with Gasteiger partial charge in [-0.05, 0) is 38.1 Å². The van der Waals surface area contributed by atoms with Gasteiger partial charge in [0, 0.05) is 30.7 Å². The van der Waals surface area contributed by atoms with Crippen LogP contribution in [-0.2, 0) is 0 Å². The number of fused-ring (bicyclic) bond motifs is 1. The highest BCUT2D eigenvalue weighted by Gasteiger charge is 2.42. The molecule has 4 nitrogen and oxygen atoms in total. The molecule has 2 fully saturated rings. The number of benzene rings is 1. The molecule has 1 aromatic carbocycles. The SMILES string of the molecule is COc1cccc(C(=O)N2CC[C@H]3[C@H]2CCN3C)c1. The molecule has 0 N–H and O–H groups in total. The summed E-state index contributed by atoms with van der Waals surface area (Å²) in [5.41, 5.74) is 0.731. The van der Waals surface area contributed by atoms with Crippen molar-refractivity contribution >= 4 is 5.91 Å². The van der Waals surface area contributed by atoms with Gasteiger partial charge < -0.3 is 14.5 Å². The molecule has 2 aliphatic rings. The summed E-state index contributed by atoms with van der Waals surface area (Å²) in [6, 6.07) is 8.39. The fraction of sp³-hybridized carbons (Fsp3) is 0.533. The zero-order chi connectivity index (χ0) is 13.4. The van der Waals surface area contributed by atoms with Gasteiger partial charge in [-0.3, -0.25) is 4.79 Å². The molecule has 0 unspecified atom stereocenters. The number of carbonyl (C=O) groups is 1. The summed E-state index contributed by atoms with van der Waals surface area (Å²) >= 11 is 0. The second-order valence-electron chi connectivity index (χ2n) is 5.42. The molecule has 2 aliphatic heterocycles. The van der Waals surface area contributed by atoms with E-state index in [0.29, 0.717) is 12.1 Å². The minimum Gasteiger partial charge on any atom is -0.497 e. The highest BCUT2D eigenvalue weighted by molar-refractivity contribution is 5.95. The van der Waals surface area contributed by atoms with Crippen LogP contribution in [0.5, 0.6) is 5.75 Å².